The Morgan fingerprint density at radius 1 is 1.17 bits per heavy atom. The third-order valence-electron chi connectivity index (χ3n) is 0. The molecule has 0 aliphatic carbocycles. The van der Waals surface area contributed by atoms with E-state index in [-0.39, 0.29) is 8.41 Å². The van der Waals surface area contributed by atoms with Crippen molar-refractivity contribution in [3.05, 3.63) is 0 Å². The lowest BCUT2D eigenvalue weighted by Crippen LogP contribution is -1.78. The molecule has 3 nitrogen and oxygen atoms in total. The summed E-state index contributed by atoms with van der Waals surface area (Å²) in [6.07, 6.45) is 0. The van der Waals surface area contributed by atoms with Crippen molar-refractivity contribution in [1.82, 2.24) is 0 Å². The van der Waals surface area contributed by atoms with Crippen LogP contribution in [0.2, 0.25) is 0 Å². The molecule has 3 N–H and O–H groups in total. The van der Waals surface area contributed by atoms with Crippen molar-refractivity contribution in [2.24, 2.45) is 0 Å². The Morgan fingerprint density at radius 3 is 1.17 bits per heavy atom. The van der Waals surface area contributed by atoms with E-state index >= 15 is 0 Å². The van der Waals surface area contributed by atoms with E-state index in [1.165, 1.54) is 0 Å². The molecule has 0 aromatic rings. The molecule has 0 spiro atoms. The largest absolute Gasteiger partial charge is 0.400 e. The van der Waals surface area contributed by atoms with Gasteiger partial charge in [0.2, 0.25) is 0 Å². The van der Waals surface area contributed by atoms with Crippen LogP contribution >= 0.6 is 7.94 Å². The van der Waals surface area contributed by atoms with Gasteiger partial charge >= 0.3 is 7.94 Å². The van der Waals surface area contributed by atoms with Crippen molar-refractivity contribution in [2.45, 2.75) is 0 Å². The summed E-state index contributed by atoms with van der Waals surface area (Å²) >= 11 is 0. The van der Waals surface area contributed by atoms with Gasteiger partial charge in [-0.05, 0) is 0 Å². The molecule has 0 fully saturated rings. The molecule has 0 heterocycles. The van der Waals surface area contributed by atoms with E-state index in [1.54, 1.807) is 0 Å². The SMILES string of the molecule is C[P+](O)(O)O.[B]. The average Bonchev–Trinajstić information content (AvgIpc) is 0.722. The summed E-state index contributed by atoms with van der Waals surface area (Å²) in [6, 6.07) is 0. The number of hydrogen-bond acceptors (Lipinski definition) is 3. The lowest BCUT2D eigenvalue weighted by molar-refractivity contribution is 0.340. The van der Waals surface area contributed by atoms with E-state index in [9.17, 15) is 0 Å². The minimum absolute atomic E-state index is 0. The molecule has 0 aliphatic heterocycles. The molecule has 0 aliphatic rings. The summed E-state index contributed by atoms with van der Waals surface area (Å²) in [4.78, 5) is 23.2. The van der Waals surface area contributed by atoms with Crippen LogP contribution in [0.25, 0.3) is 0 Å². The number of rotatable bonds is 0. The zero-order chi connectivity index (χ0) is 4.50. The van der Waals surface area contributed by atoms with Gasteiger partial charge in [-0.25, -0.2) is 0 Å². The molecule has 35 valence electrons. The molecule has 0 aromatic heterocycles. The van der Waals surface area contributed by atoms with Crippen LogP contribution in [0.15, 0.2) is 0 Å². The lowest BCUT2D eigenvalue weighted by atomic mass is 10.8. The van der Waals surface area contributed by atoms with E-state index in [2.05, 4.69) is 0 Å². The van der Waals surface area contributed by atoms with Crippen LogP contribution in [-0.2, 0) is 0 Å². The van der Waals surface area contributed by atoms with Crippen molar-refractivity contribution in [2.75, 3.05) is 6.66 Å². The second-order valence-corrected chi connectivity index (χ2v) is 2.60. The van der Waals surface area contributed by atoms with Crippen LogP contribution in [0.3, 0.4) is 0 Å². The highest BCUT2D eigenvalue weighted by atomic mass is 31.2. The molecule has 0 aromatic carbocycles. The summed E-state index contributed by atoms with van der Waals surface area (Å²) < 4.78 is 0. The maximum absolute atomic E-state index is 7.74. The van der Waals surface area contributed by atoms with Gasteiger partial charge in [-0.1, -0.05) is 0 Å². The van der Waals surface area contributed by atoms with Crippen LogP contribution in [0.5, 0.6) is 0 Å². The Bertz CT molecular complexity index is 26.3. The molecule has 3 radical (unpaired) electrons. The first-order valence-electron chi connectivity index (χ1n) is 1.05. The van der Waals surface area contributed by atoms with Crippen molar-refractivity contribution in [3.63, 3.8) is 0 Å². The van der Waals surface area contributed by atoms with E-state index < -0.39 is 7.94 Å². The Labute approximate surface area is 38.8 Å². The third kappa shape index (κ3) is 354. The molecular weight excluding hydrogens is 102 g/mol. The Morgan fingerprint density at radius 2 is 1.17 bits per heavy atom. The van der Waals surface area contributed by atoms with Gasteiger partial charge in [0.1, 0.15) is 6.66 Å². The molecule has 0 amide bonds. The standard InChI is InChI=1S/CH6O3P.B/c1-5(2,3)4;/h2-4H,1H3;/q+1;. The van der Waals surface area contributed by atoms with Gasteiger partial charge < -0.3 is 0 Å². The van der Waals surface area contributed by atoms with Gasteiger partial charge in [-0.15, -0.1) is 0 Å². The first-order valence-corrected chi connectivity index (χ1v) is 3.14. The first kappa shape index (κ1) is 9.62. The zero-order valence-electron chi connectivity index (χ0n) is 3.37. The van der Waals surface area contributed by atoms with Crippen LogP contribution < -0.4 is 0 Å². The fourth-order valence-corrected chi connectivity index (χ4v) is 0. The van der Waals surface area contributed by atoms with E-state index in [4.69, 9.17) is 14.7 Å². The molecular formula is CH6BO3P+. The van der Waals surface area contributed by atoms with E-state index in [0.717, 1.165) is 6.66 Å². The zero-order valence-corrected chi connectivity index (χ0v) is 4.26. The van der Waals surface area contributed by atoms with Gasteiger partial charge in [0.15, 0.2) is 0 Å². The summed E-state index contributed by atoms with van der Waals surface area (Å²) in [6.45, 7) is 0.965. The highest BCUT2D eigenvalue weighted by Crippen LogP contribution is 2.38. The summed E-state index contributed by atoms with van der Waals surface area (Å²) in [7, 11) is -3.39. The van der Waals surface area contributed by atoms with E-state index in [1.807, 2.05) is 0 Å². The van der Waals surface area contributed by atoms with Crippen LogP contribution in [0, 0.1) is 0 Å². The Kier molecular flexibility index (Phi) is 4.06. The van der Waals surface area contributed by atoms with Crippen molar-refractivity contribution in [1.29, 1.82) is 0 Å². The van der Waals surface area contributed by atoms with Crippen molar-refractivity contribution in [3.8, 4) is 0 Å². The predicted molar refractivity (Wildman–Crippen MR) is 25.3 cm³/mol. The Hall–Kier alpha value is 0.375. The Balaban J connectivity index is 0. The van der Waals surface area contributed by atoms with E-state index in [0.29, 0.717) is 0 Å². The molecule has 6 heavy (non-hydrogen) atoms. The maximum Gasteiger partial charge on any atom is 0.400 e. The molecule has 0 unspecified atom stereocenters. The molecule has 0 saturated carbocycles. The van der Waals surface area contributed by atoms with Gasteiger partial charge in [-0.3, -0.25) is 0 Å². The maximum atomic E-state index is 7.74. The second kappa shape index (κ2) is 2.53. The van der Waals surface area contributed by atoms with Gasteiger partial charge in [0.05, 0.1) is 0 Å². The summed E-state index contributed by atoms with van der Waals surface area (Å²) in [5, 5.41) is 0. The molecule has 5 heteroatoms. The summed E-state index contributed by atoms with van der Waals surface area (Å²) in [5.74, 6) is 0. The fourth-order valence-electron chi connectivity index (χ4n) is 0. The molecule has 0 atom stereocenters. The smallest absolute Gasteiger partial charge is 0.193 e. The van der Waals surface area contributed by atoms with Crippen LogP contribution in [-0.4, -0.2) is 29.8 Å². The van der Waals surface area contributed by atoms with Crippen LogP contribution in [0.4, 0.5) is 0 Å². The lowest BCUT2D eigenvalue weighted by Gasteiger charge is -1.88. The minimum atomic E-state index is -3.39. The average molecular weight is 108 g/mol. The van der Waals surface area contributed by atoms with Crippen molar-refractivity contribution >= 4 is 16.4 Å². The van der Waals surface area contributed by atoms with Crippen molar-refractivity contribution < 1.29 is 14.7 Å². The first-order chi connectivity index (χ1) is 2.00. The minimum Gasteiger partial charge on any atom is -0.193 e. The quantitative estimate of drug-likeness (QED) is 0.274. The topological polar surface area (TPSA) is 60.7 Å². The second-order valence-electron chi connectivity index (χ2n) is 0.868. The summed E-state index contributed by atoms with van der Waals surface area (Å²) in [5.41, 5.74) is 0. The normalized spacial score (nSPS) is 10.0. The third-order valence-corrected chi connectivity index (χ3v) is 0. The highest BCUT2D eigenvalue weighted by Gasteiger charge is 2.17. The monoisotopic (exact) mass is 108 g/mol. The van der Waals surface area contributed by atoms with Gasteiger partial charge in [0.25, 0.3) is 0 Å². The van der Waals surface area contributed by atoms with Gasteiger partial charge in [-0.2, -0.15) is 14.7 Å². The predicted octanol–water partition coefficient (Wildman–Crippen LogP) is -1.03. The van der Waals surface area contributed by atoms with Gasteiger partial charge in [0, 0.05) is 8.41 Å². The molecule has 0 saturated heterocycles. The van der Waals surface area contributed by atoms with Crippen LogP contribution in [0.1, 0.15) is 0 Å². The fraction of sp³-hybridized carbons (Fsp3) is 1.00. The highest BCUT2D eigenvalue weighted by molar-refractivity contribution is 7.57. The molecule has 0 rings (SSSR count). The number of hydrogen-bond donors (Lipinski definition) is 3. The molecule has 0 bridgehead atoms.